The molecule has 0 bridgehead atoms. The first-order chi connectivity index (χ1) is 9.70. The summed E-state index contributed by atoms with van der Waals surface area (Å²) < 4.78 is 0. The predicted molar refractivity (Wildman–Crippen MR) is 77.9 cm³/mol. The largest absolute Gasteiger partial charge is 0.478 e. The summed E-state index contributed by atoms with van der Waals surface area (Å²) in [5, 5.41) is 8.92. The van der Waals surface area contributed by atoms with Gasteiger partial charge in [0, 0.05) is 12.6 Å². The molecule has 0 aromatic carbocycles. The fourth-order valence-corrected chi connectivity index (χ4v) is 2.26. The van der Waals surface area contributed by atoms with Crippen LogP contribution >= 0.6 is 0 Å². The first-order valence-electron chi connectivity index (χ1n) is 7.28. The molecule has 0 unspecified atom stereocenters. The van der Waals surface area contributed by atoms with Gasteiger partial charge in [0.05, 0.1) is 11.1 Å². The number of rotatable bonds is 8. The summed E-state index contributed by atoms with van der Waals surface area (Å²) in [5.74, 6) is -0.0722. The number of aryl methyl sites for hydroxylation is 1. The molecular formula is C15H21N3O2. The lowest BCUT2D eigenvalue weighted by atomic mass is 10.1. The molecule has 2 rings (SSSR count). The SMILES string of the molecule is CCCCCCCCc1nc2ncc(C(=O)O)cc2[nH]1. The summed E-state index contributed by atoms with van der Waals surface area (Å²) >= 11 is 0. The maximum atomic E-state index is 10.9. The summed E-state index contributed by atoms with van der Waals surface area (Å²) in [6.07, 6.45) is 9.72. The van der Waals surface area contributed by atoms with Gasteiger partial charge in [-0.15, -0.1) is 0 Å². The number of aromatic carboxylic acids is 1. The predicted octanol–water partition coefficient (Wildman–Crippen LogP) is 3.56. The van der Waals surface area contributed by atoms with E-state index >= 15 is 0 Å². The molecule has 0 amide bonds. The van der Waals surface area contributed by atoms with Gasteiger partial charge in [-0.3, -0.25) is 0 Å². The first kappa shape index (κ1) is 14.5. The Morgan fingerprint density at radius 1 is 1.25 bits per heavy atom. The molecule has 0 saturated heterocycles. The molecule has 5 nitrogen and oxygen atoms in total. The van der Waals surface area contributed by atoms with E-state index in [-0.39, 0.29) is 5.56 Å². The minimum absolute atomic E-state index is 0.187. The summed E-state index contributed by atoms with van der Waals surface area (Å²) in [7, 11) is 0. The zero-order chi connectivity index (χ0) is 14.4. The number of aromatic amines is 1. The number of nitrogens with one attached hydrogen (secondary N) is 1. The van der Waals surface area contributed by atoms with Gasteiger partial charge < -0.3 is 10.1 Å². The summed E-state index contributed by atoms with van der Waals surface area (Å²) in [6.45, 7) is 2.22. The van der Waals surface area contributed by atoms with Crippen molar-refractivity contribution in [3.63, 3.8) is 0 Å². The Hall–Kier alpha value is -1.91. The Kier molecular flexibility index (Phi) is 5.09. The van der Waals surface area contributed by atoms with Crippen molar-refractivity contribution < 1.29 is 9.90 Å². The van der Waals surface area contributed by atoms with Crippen molar-refractivity contribution in [2.24, 2.45) is 0 Å². The van der Waals surface area contributed by atoms with Gasteiger partial charge >= 0.3 is 5.97 Å². The minimum Gasteiger partial charge on any atom is -0.478 e. The average Bonchev–Trinajstić information content (AvgIpc) is 2.84. The Balaban J connectivity index is 1.89. The van der Waals surface area contributed by atoms with Gasteiger partial charge in [-0.2, -0.15) is 0 Å². The highest BCUT2D eigenvalue weighted by Gasteiger charge is 2.08. The molecule has 0 spiro atoms. The van der Waals surface area contributed by atoms with Crippen LogP contribution in [0.15, 0.2) is 12.3 Å². The maximum absolute atomic E-state index is 10.9. The summed E-state index contributed by atoms with van der Waals surface area (Å²) in [5.41, 5.74) is 1.48. The number of carboxylic acid groups (broad SMARTS) is 1. The number of nitrogens with zero attached hydrogens (tertiary/aromatic N) is 2. The molecule has 2 heterocycles. The second kappa shape index (κ2) is 7.03. The molecule has 2 N–H and O–H groups in total. The van der Waals surface area contributed by atoms with E-state index in [0.717, 1.165) is 18.7 Å². The number of pyridine rings is 1. The lowest BCUT2D eigenvalue weighted by molar-refractivity contribution is 0.0696. The number of carbonyl (C=O) groups is 1. The van der Waals surface area contributed by atoms with E-state index in [0.29, 0.717) is 11.2 Å². The van der Waals surface area contributed by atoms with E-state index in [2.05, 4.69) is 21.9 Å². The van der Waals surface area contributed by atoms with Gasteiger partial charge in [0.1, 0.15) is 5.82 Å². The molecule has 108 valence electrons. The normalized spacial score (nSPS) is 11.1. The van der Waals surface area contributed by atoms with Crippen molar-refractivity contribution in [2.75, 3.05) is 0 Å². The monoisotopic (exact) mass is 275 g/mol. The quantitative estimate of drug-likeness (QED) is 0.722. The Bertz CT molecular complexity index is 578. The van der Waals surface area contributed by atoms with Gasteiger partial charge in [-0.1, -0.05) is 39.0 Å². The molecule has 20 heavy (non-hydrogen) atoms. The van der Waals surface area contributed by atoms with Crippen LogP contribution in [0, 0.1) is 0 Å². The Morgan fingerprint density at radius 3 is 2.75 bits per heavy atom. The van der Waals surface area contributed by atoms with Crippen molar-refractivity contribution >= 4 is 17.1 Å². The topological polar surface area (TPSA) is 78.9 Å². The lowest BCUT2D eigenvalue weighted by Crippen LogP contribution is -1.96. The smallest absolute Gasteiger partial charge is 0.337 e. The molecule has 5 heteroatoms. The van der Waals surface area contributed by atoms with Crippen LogP contribution in [0.2, 0.25) is 0 Å². The fourth-order valence-electron chi connectivity index (χ4n) is 2.26. The summed E-state index contributed by atoms with van der Waals surface area (Å²) in [6, 6.07) is 1.59. The van der Waals surface area contributed by atoms with Crippen LogP contribution in [0.3, 0.4) is 0 Å². The van der Waals surface area contributed by atoms with Gasteiger partial charge in [0.15, 0.2) is 5.65 Å². The van der Waals surface area contributed by atoms with Crippen molar-refractivity contribution in [3.8, 4) is 0 Å². The van der Waals surface area contributed by atoms with Gasteiger partial charge in [0.2, 0.25) is 0 Å². The van der Waals surface area contributed by atoms with Gasteiger partial charge in [0.25, 0.3) is 0 Å². The number of H-pyrrole nitrogens is 1. The highest BCUT2D eigenvalue weighted by Crippen LogP contribution is 2.13. The second-order valence-electron chi connectivity index (χ2n) is 5.10. The van der Waals surface area contributed by atoms with Crippen LogP contribution in [-0.4, -0.2) is 26.0 Å². The molecular weight excluding hydrogens is 254 g/mol. The van der Waals surface area contributed by atoms with Crippen LogP contribution in [0.1, 0.15) is 61.6 Å². The average molecular weight is 275 g/mol. The Morgan fingerprint density at radius 2 is 2.00 bits per heavy atom. The molecule has 2 aromatic heterocycles. The van der Waals surface area contributed by atoms with Crippen molar-refractivity contribution in [1.82, 2.24) is 15.0 Å². The van der Waals surface area contributed by atoms with Gasteiger partial charge in [-0.05, 0) is 12.5 Å². The van der Waals surface area contributed by atoms with E-state index in [4.69, 9.17) is 5.11 Å². The van der Waals surface area contributed by atoms with Crippen LogP contribution in [0.5, 0.6) is 0 Å². The van der Waals surface area contributed by atoms with E-state index in [9.17, 15) is 4.79 Å². The second-order valence-corrected chi connectivity index (χ2v) is 5.10. The van der Waals surface area contributed by atoms with Crippen molar-refractivity contribution in [3.05, 3.63) is 23.7 Å². The van der Waals surface area contributed by atoms with Crippen molar-refractivity contribution in [1.29, 1.82) is 0 Å². The maximum Gasteiger partial charge on any atom is 0.337 e. The van der Waals surface area contributed by atoms with E-state index < -0.39 is 5.97 Å². The molecule has 0 fully saturated rings. The number of hydrogen-bond acceptors (Lipinski definition) is 3. The fraction of sp³-hybridized carbons (Fsp3) is 0.533. The van der Waals surface area contributed by atoms with Gasteiger partial charge in [-0.25, -0.2) is 14.8 Å². The number of carboxylic acids is 1. The number of fused-ring (bicyclic) bond motifs is 1. The molecule has 0 aliphatic carbocycles. The lowest BCUT2D eigenvalue weighted by Gasteiger charge is -1.98. The minimum atomic E-state index is -0.966. The molecule has 0 radical (unpaired) electrons. The number of imidazole rings is 1. The third-order valence-corrected chi connectivity index (χ3v) is 3.40. The molecule has 0 aliphatic rings. The van der Waals surface area contributed by atoms with E-state index in [1.165, 1.54) is 38.3 Å². The number of hydrogen-bond donors (Lipinski definition) is 2. The first-order valence-corrected chi connectivity index (χ1v) is 7.28. The van der Waals surface area contributed by atoms with Crippen LogP contribution in [-0.2, 0) is 6.42 Å². The molecule has 0 aliphatic heterocycles. The zero-order valence-corrected chi connectivity index (χ0v) is 11.9. The highest BCUT2D eigenvalue weighted by molar-refractivity contribution is 5.90. The number of aromatic nitrogens is 3. The molecule has 0 saturated carbocycles. The number of unbranched alkanes of at least 4 members (excludes halogenated alkanes) is 5. The third-order valence-electron chi connectivity index (χ3n) is 3.40. The third kappa shape index (κ3) is 3.79. The van der Waals surface area contributed by atoms with E-state index in [1.807, 2.05) is 0 Å². The standard InChI is InChI=1S/C15H21N3O2/c1-2-3-4-5-6-7-8-13-17-12-9-11(15(19)20)10-16-14(12)18-13/h9-10H,2-8H2,1H3,(H,19,20)(H,16,17,18). The Labute approximate surface area is 118 Å². The van der Waals surface area contributed by atoms with E-state index in [1.54, 1.807) is 6.07 Å². The van der Waals surface area contributed by atoms with Crippen molar-refractivity contribution in [2.45, 2.75) is 51.9 Å². The van der Waals surface area contributed by atoms with Crippen LogP contribution < -0.4 is 0 Å². The van der Waals surface area contributed by atoms with Crippen LogP contribution in [0.25, 0.3) is 11.2 Å². The zero-order valence-electron chi connectivity index (χ0n) is 11.9. The molecule has 2 aromatic rings. The molecule has 0 atom stereocenters. The highest BCUT2D eigenvalue weighted by atomic mass is 16.4. The summed E-state index contributed by atoms with van der Waals surface area (Å²) in [4.78, 5) is 22.5. The van der Waals surface area contributed by atoms with Crippen LogP contribution in [0.4, 0.5) is 0 Å².